The zero-order valence-electron chi connectivity index (χ0n) is 6.28. The summed E-state index contributed by atoms with van der Waals surface area (Å²) in [6, 6.07) is 0. The normalized spacial score (nSPS) is 9.83. The molecule has 0 spiro atoms. The van der Waals surface area contributed by atoms with Crippen LogP contribution < -0.4 is 4.90 Å². The summed E-state index contributed by atoms with van der Waals surface area (Å²) in [5.41, 5.74) is 0. The molecule has 0 fully saturated rings. The molecular formula is C5H7ClN4O2. The second kappa shape index (κ2) is 3.40. The van der Waals surface area contributed by atoms with Gasteiger partial charge >= 0.3 is 6.09 Å². The molecule has 0 aliphatic heterocycles. The summed E-state index contributed by atoms with van der Waals surface area (Å²) in [5.74, 6) is 0.131. The van der Waals surface area contributed by atoms with Gasteiger partial charge in [0.25, 0.3) is 0 Å². The number of hydrogen-bond donors (Lipinski definition) is 2. The molecule has 6 nitrogen and oxygen atoms in total. The predicted molar refractivity (Wildman–Crippen MR) is 42.4 cm³/mol. The minimum Gasteiger partial charge on any atom is -0.465 e. The van der Waals surface area contributed by atoms with Crippen molar-refractivity contribution in [2.24, 2.45) is 0 Å². The number of nitrogens with one attached hydrogen (secondary N) is 1. The van der Waals surface area contributed by atoms with E-state index in [9.17, 15) is 4.79 Å². The largest absolute Gasteiger partial charge is 0.465 e. The third-order valence-electron chi connectivity index (χ3n) is 1.29. The first-order chi connectivity index (χ1) is 5.66. The molecule has 0 atom stereocenters. The van der Waals surface area contributed by atoms with Crippen molar-refractivity contribution >= 4 is 23.5 Å². The van der Waals surface area contributed by atoms with Crippen LogP contribution >= 0.6 is 11.6 Å². The van der Waals surface area contributed by atoms with E-state index in [2.05, 4.69) is 15.4 Å². The topological polar surface area (TPSA) is 82.1 Å². The van der Waals surface area contributed by atoms with Crippen LogP contribution in [0.5, 0.6) is 0 Å². The van der Waals surface area contributed by atoms with Gasteiger partial charge in [0.05, 0.1) is 0 Å². The molecule has 1 amide bonds. The minimum atomic E-state index is -1.10. The van der Waals surface area contributed by atoms with E-state index in [4.69, 9.17) is 16.7 Å². The minimum absolute atomic E-state index is 0.0549. The van der Waals surface area contributed by atoms with Gasteiger partial charge in [-0.2, -0.15) is 5.21 Å². The van der Waals surface area contributed by atoms with E-state index in [0.717, 1.165) is 4.90 Å². The highest BCUT2D eigenvalue weighted by Gasteiger charge is 2.18. The molecule has 1 heterocycles. The summed E-state index contributed by atoms with van der Waals surface area (Å²) in [5, 5.41) is 18.0. The molecule has 0 saturated carbocycles. The molecule has 1 aromatic heterocycles. The van der Waals surface area contributed by atoms with Crippen molar-refractivity contribution in [1.82, 2.24) is 15.4 Å². The Balaban J connectivity index is 2.94. The first-order valence-corrected chi connectivity index (χ1v) is 3.61. The number of carbonyl (C=O) groups is 1. The van der Waals surface area contributed by atoms with E-state index < -0.39 is 6.09 Å². The van der Waals surface area contributed by atoms with Crippen LogP contribution in [0.15, 0.2) is 0 Å². The van der Waals surface area contributed by atoms with Gasteiger partial charge in [-0.05, 0) is 6.92 Å². The van der Waals surface area contributed by atoms with Crippen LogP contribution in [0.3, 0.4) is 0 Å². The number of carboxylic acid groups (broad SMARTS) is 1. The van der Waals surface area contributed by atoms with Crippen molar-refractivity contribution in [3.05, 3.63) is 5.15 Å². The quantitative estimate of drug-likeness (QED) is 0.728. The highest BCUT2D eigenvalue weighted by molar-refractivity contribution is 6.32. The first-order valence-electron chi connectivity index (χ1n) is 3.23. The van der Waals surface area contributed by atoms with Crippen molar-refractivity contribution < 1.29 is 9.90 Å². The lowest BCUT2D eigenvalue weighted by Crippen LogP contribution is -2.29. The van der Waals surface area contributed by atoms with Gasteiger partial charge in [-0.3, -0.25) is 4.90 Å². The fraction of sp³-hybridized carbons (Fsp3) is 0.400. The Hall–Kier alpha value is -1.30. The smallest absolute Gasteiger partial charge is 0.413 e. The molecule has 1 rings (SSSR count). The molecule has 2 N–H and O–H groups in total. The third kappa shape index (κ3) is 1.48. The zero-order valence-corrected chi connectivity index (χ0v) is 7.04. The van der Waals surface area contributed by atoms with Gasteiger partial charge in [0.15, 0.2) is 11.0 Å². The Kier molecular flexibility index (Phi) is 2.49. The lowest BCUT2D eigenvalue weighted by molar-refractivity contribution is 0.202. The van der Waals surface area contributed by atoms with Crippen molar-refractivity contribution in [1.29, 1.82) is 0 Å². The second-order valence-electron chi connectivity index (χ2n) is 1.96. The van der Waals surface area contributed by atoms with Gasteiger partial charge in [0, 0.05) is 6.54 Å². The predicted octanol–water partition coefficient (Wildman–Crippen LogP) is 0.962. The van der Waals surface area contributed by atoms with E-state index >= 15 is 0 Å². The monoisotopic (exact) mass is 190 g/mol. The van der Waals surface area contributed by atoms with E-state index in [1.807, 2.05) is 0 Å². The van der Waals surface area contributed by atoms with Gasteiger partial charge < -0.3 is 5.11 Å². The van der Waals surface area contributed by atoms with Crippen LogP contribution in [0.25, 0.3) is 0 Å². The lowest BCUT2D eigenvalue weighted by Gasteiger charge is -2.12. The molecule has 66 valence electrons. The molecule has 0 bridgehead atoms. The molecule has 0 aromatic carbocycles. The molecule has 0 aliphatic rings. The molecule has 0 unspecified atom stereocenters. The van der Waals surface area contributed by atoms with E-state index in [0.29, 0.717) is 0 Å². The van der Waals surface area contributed by atoms with Gasteiger partial charge in [0.1, 0.15) is 0 Å². The van der Waals surface area contributed by atoms with Gasteiger partial charge in [0.2, 0.25) is 0 Å². The molecular weight excluding hydrogens is 184 g/mol. The fourth-order valence-electron chi connectivity index (χ4n) is 0.760. The van der Waals surface area contributed by atoms with Crippen LogP contribution in [0.2, 0.25) is 5.15 Å². The summed E-state index contributed by atoms with van der Waals surface area (Å²) in [4.78, 5) is 11.6. The van der Waals surface area contributed by atoms with Gasteiger partial charge in [-0.1, -0.05) is 11.6 Å². The fourth-order valence-corrected chi connectivity index (χ4v) is 0.942. The molecule has 0 aliphatic carbocycles. The average Bonchev–Trinajstić information content (AvgIpc) is 2.38. The molecule has 1 aromatic rings. The highest BCUT2D eigenvalue weighted by Crippen LogP contribution is 2.18. The Morgan fingerprint density at radius 3 is 2.75 bits per heavy atom. The van der Waals surface area contributed by atoms with Crippen LogP contribution in [0, 0.1) is 0 Å². The number of aromatic amines is 1. The summed E-state index contributed by atoms with van der Waals surface area (Å²) in [6.45, 7) is 1.96. The summed E-state index contributed by atoms with van der Waals surface area (Å²) in [7, 11) is 0. The Morgan fingerprint density at radius 2 is 2.42 bits per heavy atom. The number of hydrogen-bond acceptors (Lipinski definition) is 3. The molecule has 12 heavy (non-hydrogen) atoms. The standard InChI is InChI=1S/C5H7ClN4O2/c1-2-10(5(11)12)4-3(6)7-9-8-4/h2H2,1H3,(H,11,12)(H,7,8,9). The SMILES string of the molecule is CCN(C(=O)O)c1n[nH]nc1Cl. The van der Waals surface area contributed by atoms with Crippen molar-refractivity contribution in [2.45, 2.75) is 6.92 Å². The maximum absolute atomic E-state index is 10.6. The van der Waals surface area contributed by atoms with Crippen molar-refractivity contribution in [3.63, 3.8) is 0 Å². The number of halogens is 1. The highest BCUT2D eigenvalue weighted by atomic mass is 35.5. The Morgan fingerprint density at radius 1 is 1.75 bits per heavy atom. The lowest BCUT2D eigenvalue weighted by atomic mass is 10.5. The second-order valence-corrected chi connectivity index (χ2v) is 2.32. The number of amides is 1. The van der Waals surface area contributed by atoms with Gasteiger partial charge in [-0.25, -0.2) is 4.79 Å². The molecule has 7 heteroatoms. The maximum atomic E-state index is 10.6. The Labute approximate surface area is 73.1 Å². The van der Waals surface area contributed by atoms with E-state index in [-0.39, 0.29) is 17.5 Å². The van der Waals surface area contributed by atoms with Crippen LogP contribution in [0.1, 0.15) is 6.92 Å². The molecule has 0 radical (unpaired) electrons. The number of nitrogens with zero attached hydrogens (tertiary/aromatic N) is 3. The molecule has 0 saturated heterocycles. The Bertz CT molecular complexity index is 287. The van der Waals surface area contributed by atoms with Gasteiger partial charge in [-0.15, -0.1) is 10.2 Å². The number of anilines is 1. The van der Waals surface area contributed by atoms with Crippen LogP contribution in [-0.2, 0) is 0 Å². The summed E-state index contributed by atoms with van der Waals surface area (Å²) >= 11 is 5.55. The summed E-state index contributed by atoms with van der Waals surface area (Å²) in [6.07, 6.45) is -1.10. The van der Waals surface area contributed by atoms with E-state index in [1.54, 1.807) is 6.92 Å². The number of aromatic nitrogens is 3. The van der Waals surface area contributed by atoms with E-state index in [1.165, 1.54) is 0 Å². The van der Waals surface area contributed by atoms with Crippen molar-refractivity contribution in [2.75, 3.05) is 11.4 Å². The zero-order chi connectivity index (χ0) is 9.14. The summed E-state index contributed by atoms with van der Waals surface area (Å²) < 4.78 is 0. The third-order valence-corrected chi connectivity index (χ3v) is 1.54. The number of rotatable bonds is 2. The van der Waals surface area contributed by atoms with Crippen molar-refractivity contribution in [3.8, 4) is 0 Å². The average molecular weight is 191 g/mol. The number of H-pyrrole nitrogens is 1. The maximum Gasteiger partial charge on any atom is 0.413 e. The van der Waals surface area contributed by atoms with Crippen LogP contribution in [-0.4, -0.2) is 33.2 Å². The van der Waals surface area contributed by atoms with Crippen LogP contribution in [0.4, 0.5) is 10.6 Å². The first kappa shape index (κ1) is 8.79.